The lowest BCUT2D eigenvalue weighted by atomic mass is 10.0. The van der Waals surface area contributed by atoms with Gasteiger partial charge in [-0.1, -0.05) is 12.8 Å². The van der Waals surface area contributed by atoms with Crippen LogP contribution in [0.5, 0.6) is 0 Å². The minimum atomic E-state index is -1.23. The number of nitrogens with zero attached hydrogens (tertiary/aromatic N) is 5. The Hall–Kier alpha value is -5.04. The number of nitriles is 1. The second-order valence-corrected chi connectivity index (χ2v) is 10.8. The Bertz CT molecular complexity index is 1760. The van der Waals surface area contributed by atoms with Gasteiger partial charge >= 0.3 is 0 Å². The highest BCUT2D eigenvalue weighted by Gasteiger charge is 2.57. The Kier molecular flexibility index (Phi) is 6.50. The molecule has 2 aromatic heterocycles. The summed E-state index contributed by atoms with van der Waals surface area (Å²) >= 11 is 0. The molecule has 2 aromatic carbocycles. The summed E-state index contributed by atoms with van der Waals surface area (Å²) in [4.78, 5) is 49.4. The molecule has 10 heteroatoms. The largest absolute Gasteiger partial charge is 0.369 e. The van der Waals surface area contributed by atoms with Crippen molar-refractivity contribution >= 4 is 45.9 Å². The fourth-order valence-corrected chi connectivity index (χ4v) is 5.64. The molecule has 0 saturated heterocycles. The van der Waals surface area contributed by atoms with Crippen molar-refractivity contribution in [3.8, 4) is 6.07 Å². The van der Waals surface area contributed by atoms with Gasteiger partial charge in [0.05, 0.1) is 11.6 Å². The van der Waals surface area contributed by atoms with Gasteiger partial charge in [0.15, 0.2) is 0 Å². The lowest BCUT2D eigenvalue weighted by Gasteiger charge is -2.26. The molecule has 4 aromatic rings. The van der Waals surface area contributed by atoms with Crippen LogP contribution in [-0.2, 0) is 9.59 Å². The second kappa shape index (κ2) is 10.2. The zero-order valence-corrected chi connectivity index (χ0v) is 22.6. The fraction of sp³-hybridized carbons (Fsp3) is 0.290. The lowest BCUT2D eigenvalue weighted by molar-refractivity contribution is -0.133. The summed E-state index contributed by atoms with van der Waals surface area (Å²) in [6.07, 6.45) is 6.64. The minimum absolute atomic E-state index is 0.0483. The number of aromatic nitrogens is 3. The molecule has 6 rings (SSSR count). The zero-order chi connectivity index (χ0) is 28.7. The van der Waals surface area contributed by atoms with Crippen LogP contribution >= 0.6 is 0 Å². The van der Waals surface area contributed by atoms with E-state index in [1.165, 1.54) is 4.90 Å². The molecule has 0 spiro atoms. The van der Waals surface area contributed by atoms with Crippen LogP contribution in [0.25, 0.3) is 11.0 Å². The Morgan fingerprint density at radius 2 is 1.71 bits per heavy atom. The van der Waals surface area contributed by atoms with E-state index >= 15 is 0 Å². The van der Waals surface area contributed by atoms with Crippen LogP contribution in [-0.4, -0.2) is 26.3 Å². The number of hydrogen-bond donors (Lipinski definition) is 2. The number of aryl methyl sites for hydroxylation is 1. The number of pyridine rings is 1. The van der Waals surface area contributed by atoms with E-state index in [2.05, 4.69) is 16.4 Å². The normalized spacial score (nSPS) is 15.8. The van der Waals surface area contributed by atoms with Crippen molar-refractivity contribution < 1.29 is 9.59 Å². The average Bonchev–Trinajstić information content (AvgIpc) is 3.63. The summed E-state index contributed by atoms with van der Waals surface area (Å²) in [5, 5.41) is 13.2. The van der Waals surface area contributed by atoms with Gasteiger partial charge in [-0.15, -0.1) is 0 Å². The number of carbonyl (C=O) groups excluding carboxylic acids is 2. The maximum Gasteiger partial charge on any atom is 0.252 e. The van der Waals surface area contributed by atoms with Gasteiger partial charge in [0, 0.05) is 40.8 Å². The Balaban J connectivity index is 1.32. The van der Waals surface area contributed by atoms with Gasteiger partial charge in [0.2, 0.25) is 17.8 Å². The Morgan fingerprint density at radius 1 is 1.07 bits per heavy atom. The maximum absolute atomic E-state index is 13.6. The first-order valence-electron chi connectivity index (χ1n) is 13.7. The molecule has 41 heavy (non-hydrogen) atoms. The molecule has 2 fully saturated rings. The van der Waals surface area contributed by atoms with E-state index in [1.54, 1.807) is 65.4 Å². The summed E-state index contributed by atoms with van der Waals surface area (Å²) in [6.45, 7) is 1.89. The number of rotatable bonds is 7. The molecule has 0 unspecified atom stereocenters. The van der Waals surface area contributed by atoms with Gasteiger partial charge in [-0.2, -0.15) is 10.2 Å². The van der Waals surface area contributed by atoms with Gasteiger partial charge in [0.1, 0.15) is 11.1 Å². The molecule has 2 aliphatic carbocycles. The predicted octanol–water partition coefficient (Wildman–Crippen LogP) is 4.76. The smallest absolute Gasteiger partial charge is 0.252 e. The Labute approximate surface area is 236 Å². The maximum atomic E-state index is 13.6. The van der Waals surface area contributed by atoms with Crippen LogP contribution in [0.4, 0.5) is 23.0 Å². The standard InChI is InChI=1S/C31H29N7O3/c1-19-16-26(39)38(22-4-2-3-5-22)27-25(19)18-34-30(36-27)35-21-8-12-24(13-9-21)37(23-10-6-20(17-32)7-11-23)29(41)31(14-15-31)28(33)40/h6-13,16,18,22H,2-5,14-15H2,1H3,(H2,33,40)(H,34,35,36). The molecule has 2 heterocycles. The molecule has 0 aliphatic heterocycles. The first-order valence-corrected chi connectivity index (χ1v) is 13.7. The first-order chi connectivity index (χ1) is 19.8. The van der Waals surface area contributed by atoms with Crippen molar-refractivity contribution in [2.24, 2.45) is 11.1 Å². The second-order valence-electron chi connectivity index (χ2n) is 10.8. The van der Waals surface area contributed by atoms with Crippen molar-refractivity contribution in [2.45, 2.75) is 51.5 Å². The minimum Gasteiger partial charge on any atom is -0.369 e. The molecular formula is C31H29N7O3. The highest BCUT2D eigenvalue weighted by Crippen LogP contribution is 2.49. The third-order valence-electron chi connectivity index (χ3n) is 8.16. The summed E-state index contributed by atoms with van der Waals surface area (Å²) < 4.78 is 1.80. The summed E-state index contributed by atoms with van der Waals surface area (Å²) in [5.41, 5.74) is 8.01. The van der Waals surface area contributed by atoms with Gasteiger partial charge in [0.25, 0.3) is 5.56 Å². The summed E-state index contributed by atoms with van der Waals surface area (Å²) in [6, 6.07) is 17.6. The molecule has 3 N–H and O–H groups in total. The molecule has 10 nitrogen and oxygen atoms in total. The number of fused-ring (bicyclic) bond motifs is 1. The van der Waals surface area contributed by atoms with Crippen molar-refractivity contribution in [2.75, 3.05) is 10.2 Å². The number of primary amides is 1. The highest BCUT2D eigenvalue weighted by molar-refractivity contribution is 6.16. The van der Waals surface area contributed by atoms with E-state index in [4.69, 9.17) is 10.7 Å². The first kappa shape index (κ1) is 26.2. The third kappa shape index (κ3) is 4.69. The monoisotopic (exact) mass is 547 g/mol. The molecule has 2 amide bonds. The molecular weight excluding hydrogens is 518 g/mol. The SMILES string of the molecule is Cc1cc(=O)n(C2CCCC2)c2nc(Nc3ccc(N(C(=O)C4(C(N)=O)CC4)c4ccc(C#N)cc4)cc3)ncc12. The molecule has 206 valence electrons. The van der Waals surface area contributed by atoms with Crippen LogP contribution in [0.1, 0.15) is 55.7 Å². The van der Waals surface area contributed by atoms with Crippen LogP contribution in [0.2, 0.25) is 0 Å². The van der Waals surface area contributed by atoms with Crippen molar-refractivity contribution in [3.05, 3.63) is 82.3 Å². The fourth-order valence-electron chi connectivity index (χ4n) is 5.64. The van der Waals surface area contributed by atoms with E-state index in [9.17, 15) is 19.6 Å². The highest BCUT2D eigenvalue weighted by atomic mass is 16.2. The zero-order valence-electron chi connectivity index (χ0n) is 22.6. The van der Waals surface area contributed by atoms with Crippen molar-refractivity contribution in [1.82, 2.24) is 14.5 Å². The van der Waals surface area contributed by atoms with E-state index < -0.39 is 17.2 Å². The Morgan fingerprint density at radius 3 is 2.29 bits per heavy atom. The van der Waals surface area contributed by atoms with E-state index in [1.807, 2.05) is 6.92 Å². The molecule has 2 aliphatic rings. The van der Waals surface area contributed by atoms with Crippen LogP contribution in [0.15, 0.2) is 65.6 Å². The van der Waals surface area contributed by atoms with E-state index in [-0.39, 0.29) is 11.6 Å². The number of nitrogens with two attached hydrogens (primary N) is 1. The summed E-state index contributed by atoms with van der Waals surface area (Å²) in [5.74, 6) is -0.680. The summed E-state index contributed by atoms with van der Waals surface area (Å²) in [7, 11) is 0. The molecule has 0 radical (unpaired) electrons. The predicted molar refractivity (Wildman–Crippen MR) is 155 cm³/mol. The van der Waals surface area contributed by atoms with Gasteiger partial charge in [-0.05, 0) is 86.7 Å². The number of hydrogen-bond acceptors (Lipinski definition) is 7. The van der Waals surface area contributed by atoms with Gasteiger partial charge in [-0.3, -0.25) is 23.9 Å². The van der Waals surface area contributed by atoms with E-state index in [0.29, 0.717) is 47.1 Å². The number of anilines is 4. The van der Waals surface area contributed by atoms with Crippen LogP contribution < -0.4 is 21.5 Å². The average molecular weight is 548 g/mol. The number of nitrogens with one attached hydrogen (secondary N) is 1. The lowest BCUT2D eigenvalue weighted by Crippen LogP contribution is -2.41. The molecule has 2 saturated carbocycles. The third-order valence-corrected chi connectivity index (χ3v) is 8.16. The van der Waals surface area contributed by atoms with Crippen LogP contribution in [0, 0.1) is 23.7 Å². The van der Waals surface area contributed by atoms with Crippen LogP contribution in [0.3, 0.4) is 0 Å². The van der Waals surface area contributed by atoms with E-state index in [0.717, 1.165) is 36.6 Å². The topological polar surface area (TPSA) is 147 Å². The van der Waals surface area contributed by atoms with Gasteiger partial charge < -0.3 is 11.1 Å². The quantitative estimate of drug-likeness (QED) is 0.317. The number of benzene rings is 2. The number of amides is 2. The van der Waals surface area contributed by atoms with Crippen molar-refractivity contribution in [1.29, 1.82) is 5.26 Å². The number of carbonyl (C=O) groups is 2. The molecule has 0 atom stereocenters. The van der Waals surface area contributed by atoms with Gasteiger partial charge in [-0.25, -0.2) is 4.98 Å². The molecule has 0 bridgehead atoms. The van der Waals surface area contributed by atoms with Crippen molar-refractivity contribution in [3.63, 3.8) is 0 Å².